The number of amides is 1. The zero-order valence-corrected chi connectivity index (χ0v) is 17.7. The van der Waals surface area contributed by atoms with E-state index >= 15 is 0 Å². The Labute approximate surface area is 182 Å². The fraction of sp³-hybridized carbons (Fsp3) is 0.292. The highest BCUT2D eigenvalue weighted by Crippen LogP contribution is 2.30. The van der Waals surface area contributed by atoms with E-state index in [0.717, 1.165) is 30.6 Å². The molecule has 160 valence electrons. The van der Waals surface area contributed by atoms with Crippen molar-refractivity contribution in [3.8, 4) is 0 Å². The monoisotopic (exact) mass is 416 g/mol. The van der Waals surface area contributed by atoms with Crippen molar-refractivity contribution in [2.45, 2.75) is 25.7 Å². The van der Waals surface area contributed by atoms with Crippen LogP contribution in [-0.2, 0) is 4.79 Å². The van der Waals surface area contributed by atoms with Gasteiger partial charge in [-0.2, -0.15) is 0 Å². The number of anilines is 3. The molecule has 1 saturated heterocycles. The quantitative estimate of drug-likeness (QED) is 0.532. The summed E-state index contributed by atoms with van der Waals surface area (Å²) in [5.41, 5.74) is 14.3. The minimum Gasteiger partial charge on any atom is -0.393 e. The number of benzene rings is 2. The van der Waals surface area contributed by atoms with Crippen LogP contribution < -0.4 is 21.5 Å². The second-order valence-corrected chi connectivity index (χ2v) is 8.02. The molecule has 4 rings (SSSR count). The molecule has 0 spiro atoms. The van der Waals surface area contributed by atoms with Gasteiger partial charge in [-0.05, 0) is 29.9 Å². The Kier molecular flexibility index (Phi) is 6.31. The lowest BCUT2D eigenvalue weighted by atomic mass is 9.91. The molecule has 0 aliphatic carbocycles. The summed E-state index contributed by atoms with van der Waals surface area (Å²) in [7, 11) is 0. The van der Waals surface area contributed by atoms with Gasteiger partial charge in [0.05, 0.1) is 5.92 Å². The van der Waals surface area contributed by atoms with Gasteiger partial charge in [0.15, 0.2) is 11.6 Å². The lowest BCUT2D eigenvalue weighted by molar-refractivity contribution is -0.121. The molecule has 1 amide bonds. The van der Waals surface area contributed by atoms with Crippen LogP contribution in [-0.4, -0.2) is 29.0 Å². The van der Waals surface area contributed by atoms with Crippen molar-refractivity contribution < 1.29 is 4.79 Å². The molecule has 1 aromatic heterocycles. The predicted molar refractivity (Wildman–Crippen MR) is 124 cm³/mol. The first-order valence-corrected chi connectivity index (χ1v) is 10.6. The number of nitrogens with two attached hydrogens (primary N) is 1. The molecule has 7 nitrogen and oxygen atoms in total. The van der Waals surface area contributed by atoms with Crippen LogP contribution in [0.1, 0.15) is 36.8 Å². The fourth-order valence-corrected chi connectivity index (χ4v) is 4.10. The number of nitrogens with one attached hydrogen (secondary N) is 2. The maximum atomic E-state index is 13.2. The number of rotatable bonds is 6. The fourth-order valence-electron chi connectivity index (χ4n) is 4.10. The number of hydrogen-bond donors (Lipinski definition) is 3. The summed E-state index contributed by atoms with van der Waals surface area (Å²) < 4.78 is 0. The number of nitrogens with zero attached hydrogens (tertiary/aromatic N) is 3. The van der Waals surface area contributed by atoms with Crippen LogP contribution in [0.2, 0.25) is 0 Å². The Morgan fingerprint density at radius 2 is 1.71 bits per heavy atom. The third-order valence-corrected chi connectivity index (χ3v) is 5.65. The van der Waals surface area contributed by atoms with E-state index in [1.807, 2.05) is 60.7 Å². The van der Waals surface area contributed by atoms with Crippen molar-refractivity contribution in [3.63, 3.8) is 0 Å². The predicted octanol–water partition coefficient (Wildman–Crippen LogP) is 3.57. The van der Waals surface area contributed by atoms with E-state index < -0.39 is 5.92 Å². The summed E-state index contributed by atoms with van der Waals surface area (Å²) in [6.45, 7) is 4.06. The highest BCUT2D eigenvalue weighted by molar-refractivity contribution is 5.88. The number of carbonyl (C=O) groups is 1. The molecule has 1 aliphatic heterocycles. The molecule has 0 radical (unpaired) electrons. The van der Waals surface area contributed by atoms with Crippen molar-refractivity contribution in [2.75, 3.05) is 29.1 Å². The van der Waals surface area contributed by atoms with E-state index in [1.54, 1.807) is 0 Å². The normalized spacial score (nSPS) is 16.2. The zero-order chi connectivity index (χ0) is 21.6. The molecule has 0 saturated carbocycles. The minimum atomic E-state index is -0.458. The first-order chi connectivity index (χ1) is 15.1. The summed E-state index contributed by atoms with van der Waals surface area (Å²) in [4.78, 5) is 24.0. The summed E-state index contributed by atoms with van der Waals surface area (Å²) in [6, 6.07) is 19.4. The summed E-state index contributed by atoms with van der Waals surface area (Å²) >= 11 is 0. The average Bonchev–Trinajstić information content (AvgIpc) is 2.80. The van der Waals surface area contributed by atoms with Crippen LogP contribution >= 0.6 is 0 Å². The Morgan fingerprint density at radius 1 is 1.06 bits per heavy atom. The third-order valence-electron chi connectivity index (χ3n) is 5.65. The van der Waals surface area contributed by atoms with E-state index in [1.165, 1.54) is 12.7 Å². The number of carbonyl (C=O) groups excluding carboxylic acids is 1. The standard InChI is InChI=1S/C24H28N6O/c1-17-9-8-14-30(15-17)23-21(25)22(26-16-27-23)28-29-24(31)20(18-10-4-2-5-11-18)19-12-6-3-7-13-19/h2-7,10-13,16-17,20H,8-9,14-15,25H2,1H3,(H,29,31)(H,26,27,28). The molecule has 0 bridgehead atoms. The molecule has 1 aliphatic rings. The molecule has 1 fully saturated rings. The second-order valence-electron chi connectivity index (χ2n) is 8.02. The Morgan fingerprint density at radius 3 is 2.32 bits per heavy atom. The van der Waals surface area contributed by atoms with E-state index in [9.17, 15) is 4.79 Å². The van der Waals surface area contributed by atoms with Crippen LogP contribution in [0.15, 0.2) is 67.0 Å². The van der Waals surface area contributed by atoms with Crippen molar-refractivity contribution in [1.29, 1.82) is 0 Å². The highest BCUT2D eigenvalue weighted by Gasteiger charge is 2.24. The lowest BCUT2D eigenvalue weighted by Gasteiger charge is -2.32. The molecule has 3 aromatic rings. The van der Waals surface area contributed by atoms with Crippen molar-refractivity contribution in [2.24, 2.45) is 5.92 Å². The summed E-state index contributed by atoms with van der Waals surface area (Å²) in [5, 5.41) is 0. The first kappa shape index (κ1) is 20.7. The van der Waals surface area contributed by atoms with E-state index in [2.05, 4.69) is 32.6 Å². The van der Waals surface area contributed by atoms with Gasteiger partial charge in [-0.25, -0.2) is 9.97 Å². The molecule has 7 heteroatoms. The number of hydrogen-bond acceptors (Lipinski definition) is 6. The Balaban J connectivity index is 1.52. The SMILES string of the molecule is CC1CCCN(c2ncnc(NNC(=O)C(c3ccccc3)c3ccccc3)c2N)C1. The number of hydrazine groups is 1. The summed E-state index contributed by atoms with van der Waals surface area (Å²) in [5.74, 6) is 1.05. The average molecular weight is 417 g/mol. The van der Waals surface area contributed by atoms with Crippen LogP contribution in [0.4, 0.5) is 17.3 Å². The Hall–Kier alpha value is -3.61. The molecule has 1 unspecified atom stereocenters. The molecular formula is C24H28N6O. The van der Waals surface area contributed by atoms with Gasteiger partial charge in [0.1, 0.15) is 12.0 Å². The largest absolute Gasteiger partial charge is 0.393 e. The second kappa shape index (κ2) is 9.47. The minimum absolute atomic E-state index is 0.191. The molecular weight excluding hydrogens is 388 g/mol. The molecule has 31 heavy (non-hydrogen) atoms. The van der Waals surface area contributed by atoms with Gasteiger partial charge in [-0.3, -0.25) is 15.6 Å². The number of piperidine rings is 1. The molecule has 1 atom stereocenters. The van der Waals surface area contributed by atoms with Gasteiger partial charge >= 0.3 is 0 Å². The van der Waals surface area contributed by atoms with Crippen LogP contribution in [0, 0.1) is 5.92 Å². The Bertz CT molecular complexity index is 972. The maximum absolute atomic E-state index is 13.2. The van der Waals surface area contributed by atoms with Crippen molar-refractivity contribution in [3.05, 3.63) is 78.1 Å². The number of aromatic nitrogens is 2. The van der Waals surface area contributed by atoms with Gasteiger partial charge in [-0.15, -0.1) is 0 Å². The van der Waals surface area contributed by atoms with Gasteiger partial charge in [0.25, 0.3) is 0 Å². The van der Waals surface area contributed by atoms with Crippen molar-refractivity contribution in [1.82, 2.24) is 15.4 Å². The van der Waals surface area contributed by atoms with Crippen molar-refractivity contribution >= 4 is 23.2 Å². The first-order valence-electron chi connectivity index (χ1n) is 10.6. The van der Waals surface area contributed by atoms with Gasteiger partial charge in [-0.1, -0.05) is 67.6 Å². The highest BCUT2D eigenvalue weighted by atomic mass is 16.2. The molecule has 2 aromatic carbocycles. The van der Waals surface area contributed by atoms with Crippen LogP contribution in [0.25, 0.3) is 0 Å². The lowest BCUT2D eigenvalue weighted by Crippen LogP contribution is -2.37. The van der Waals surface area contributed by atoms with Gasteiger partial charge < -0.3 is 10.6 Å². The van der Waals surface area contributed by atoms with E-state index in [-0.39, 0.29) is 5.91 Å². The van der Waals surface area contributed by atoms with Crippen LogP contribution in [0.3, 0.4) is 0 Å². The topological polar surface area (TPSA) is 96.2 Å². The summed E-state index contributed by atoms with van der Waals surface area (Å²) in [6.07, 6.45) is 3.80. The third kappa shape index (κ3) is 4.77. The van der Waals surface area contributed by atoms with E-state index in [0.29, 0.717) is 23.2 Å². The van der Waals surface area contributed by atoms with Crippen LogP contribution in [0.5, 0.6) is 0 Å². The zero-order valence-electron chi connectivity index (χ0n) is 17.7. The maximum Gasteiger partial charge on any atom is 0.250 e. The number of nitrogen functional groups attached to an aromatic ring is 1. The smallest absolute Gasteiger partial charge is 0.250 e. The van der Waals surface area contributed by atoms with E-state index in [4.69, 9.17) is 5.73 Å². The molecule has 2 heterocycles. The van der Waals surface area contributed by atoms with Gasteiger partial charge in [0, 0.05) is 13.1 Å². The van der Waals surface area contributed by atoms with Gasteiger partial charge in [0.2, 0.25) is 5.91 Å². The molecule has 4 N–H and O–H groups in total.